The Morgan fingerprint density at radius 2 is 0.760 bits per heavy atom. The number of hydrogen-bond acceptors (Lipinski definition) is 2. The number of benzene rings is 10. The van der Waals surface area contributed by atoms with Gasteiger partial charge in [-0.3, -0.25) is 0 Å². The van der Waals surface area contributed by atoms with Gasteiger partial charge >= 0.3 is 0 Å². The fraction of sp³-hybridized carbons (Fsp3) is 0. The molecule has 230 valence electrons. The fourth-order valence-electron chi connectivity index (χ4n) is 8.83. The van der Waals surface area contributed by atoms with Gasteiger partial charge < -0.3 is 0 Å². The molecule has 0 N–H and O–H groups in total. The monoisotopic (exact) mass is 666 g/mol. The van der Waals surface area contributed by atoms with Crippen molar-refractivity contribution in [3.05, 3.63) is 158 Å². The summed E-state index contributed by atoms with van der Waals surface area (Å²) >= 11 is 3.79. The van der Waals surface area contributed by atoms with Crippen molar-refractivity contribution in [1.82, 2.24) is 0 Å². The van der Waals surface area contributed by atoms with Crippen molar-refractivity contribution in [2.75, 3.05) is 0 Å². The molecule has 2 aliphatic rings. The standard InChI is InChI=1S/C48H26S2/c1-2-11-41-34(8-1)40-25-24-33(36-10-5-13-43(49-41)48(36)40)32-20-15-29-16-22-38-31(19-14-28-17-23-39(32)47(29)46(28)38)30-18-21-35-37-9-3-6-27-7-4-12-42(45(27)37)50-44(35)26-30/h1-26H. The van der Waals surface area contributed by atoms with Crippen LogP contribution in [-0.4, -0.2) is 0 Å². The molecule has 0 saturated heterocycles. The minimum atomic E-state index is 1.27. The van der Waals surface area contributed by atoms with Crippen molar-refractivity contribution < 1.29 is 0 Å². The third-order valence-corrected chi connectivity index (χ3v) is 13.3. The Kier molecular flexibility index (Phi) is 5.47. The highest BCUT2D eigenvalue weighted by atomic mass is 32.2. The summed E-state index contributed by atoms with van der Waals surface area (Å²) in [5, 5.41) is 13.3. The van der Waals surface area contributed by atoms with E-state index >= 15 is 0 Å². The summed E-state index contributed by atoms with van der Waals surface area (Å²) in [6.07, 6.45) is 0. The second kappa shape index (κ2) is 10.0. The van der Waals surface area contributed by atoms with Crippen LogP contribution in [0.3, 0.4) is 0 Å². The molecule has 0 aliphatic carbocycles. The maximum atomic E-state index is 2.41. The van der Waals surface area contributed by atoms with E-state index < -0.39 is 0 Å². The predicted molar refractivity (Wildman–Crippen MR) is 215 cm³/mol. The van der Waals surface area contributed by atoms with Gasteiger partial charge in [-0.2, -0.15) is 0 Å². The molecule has 50 heavy (non-hydrogen) atoms. The normalized spacial score (nSPS) is 13.0. The van der Waals surface area contributed by atoms with E-state index in [-0.39, 0.29) is 0 Å². The van der Waals surface area contributed by atoms with Gasteiger partial charge in [-0.15, -0.1) is 0 Å². The Bertz CT molecular complexity index is 3090. The van der Waals surface area contributed by atoms with E-state index in [4.69, 9.17) is 0 Å². The molecule has 10 aromatic rings. The van der Waals surface area contributed by atoms with Crippen molar-refractivity contribution in [3.8, 4) is 44.5 Å². The molecule has 2 heterocycles. The Morgan fingerprint density at radius 3 is 1.60 bits per heavy atom. The molecule has 0 aromatic heterocycles. The minimum Gasteiger partial charge on any atom is -0.0888 e. The van der Waals surface area contributed by atoms with Crippen LogP contribution in [0.25, 0.3) is 98.4 Å². The zero-order valence-corrected chi connectivity index (χ0v) is 28.5. The topological polar surface area (TPSA) is 0 Å². The van der Waals surface area contributed by atoms with Gasteiger partial charge in [0.05, 0.1) is 0 Å². The van der Waals surface area contributed by atoms with Crippen molar-refractivity contribution in [2.24, 2.45) is 0 Å². The van der Waals surface area contributed by atoms with Crippen LogP contribution in [0.15, 0.2) is 177 Å². The van der Waals surface area contributed by atoms with E-state index in [1.165, 1.54) is 118 Å². The van der Waals surface area contributed by atoms with Gasteiger partial charge in [-0.1, -0.05) is 157 Å². The Labute approximate surface area is 297 Å². The molecule has 0 unspecified atom stereocenters. The predicted octanol–water partition coefficient (Wildman–Crippen LogP) is 14.5. The maximum absolute atomic E-state index is 2.41. The maximum Gasteiger partial charge on any atom is 0.0207 e. The number of fused-ring (bicyclic) bond motifs is 4. The summed E-state index contributed by atoms with van der Waals surface area (Å²) in [5.41, 5.74) is 10.5. The Balaban J connectivity index is 1.06. The first-order valence-electron chi connectivity index (χ1n) is 17.2. The number of rotatable bonds is 2. The van der Waals surface area contributed by atoms with Gasteiger partial charge in [0.1, 0.15) is 0 Å². The Morgan fingerprint density at radius 1 is 0.260 bits per heavy atom. The van der Waals surface area contributed by atoms with Gasteiger partial charge in [-0.05, 0) is 112 Å². The van der Waals surface area contributed by atoms with Crippen LogP contribution < -0.4 is 0 Å². The molecule has 2 heteroatoms. The lowest BCUT2D eigenvalue weighted by Gasteiger charge is -2.23. The summed E-state index contributed by atoms with van der Waals surface area (Å²) in [5.74, 6) is 0. The summed E-state index contributed by atoms with van der Waals surface area (Å²) in [6, 6.07) is 59.5. The van der Waals surface area contributed by atoms with Crippen LogP contribution in [0.1, 0.15) is 0 Å². The molecule has 0 saturated carbocycles. The van der Waals surface area contributed by atoms with E-state index in [0.29, 0.717) is 0 Å². The highest BCUT2D eigenvalue weighted by Crippen LogP contribution is 2.52. The van der Waals surface area contributed by atoms with E-state index in [2.05, 4.69) is 158 Å². The summed E-state index contributed by atoms with van der Waals surface area (Å²) in [7, 11) is 0. The first-order chi connectivity index (χ1) is 24.8. The average molecular weight is 667 g/mol. The minimum absolute atomic E-state index is 1.27. The zero-order valence-electron chi connectivity index (χ0n) is 26.8. The van der Waals surface area contributed by atoms with Crippen molar-refractivity contribution in [3.63, 3.8) is 0 Å². The third-order valence-electron chi connectivity index (χ3n) is 11.0. The zero-order chi connectivity index (χ0) is 32.5. The SMILES string of the molecule is c1ccc2c(c1)Sc1cccc3c(-c4ccc5ccc6c(-c7ccc8c(c7)Sc7cccc9cccc-8c79)ccc7ccc4c5c76)ccc-2c13. The van der Waals surface area contributed by atoms with Crippen LogP contribution >= 0.6 is 23.5 Å². The second-order valence-corrected chi connectivity index (χ2v) is 15.7. The smallest absolute Gasteiger partial charge is 0.0207 e. The lowest BCUT2D eigenvalue weighted by molar-refractivity contribution is 1.40. The van der Waals surface area contributed by atoms with Gasteiger partial charge in [0, 0.05) is 30.4 Å². The van der Waals surface area contributed by atoms with Crippen molar-refractivity contribution in [2.45, 2.75) is 19.6 Å². The van der Waals surface area contributed by atoms with Crippen LogP contribution in [-0.2, 0) is 0 Å². The molecule has 2 aliphatic heterocycles. The number of hydrogen-bond donors (Lipinski definition) is 0. The molecule has 10 aromatic carbocycles. The molecule has 0 amide bonds. The molecule has 0 atom stereocenters. The lowest BCUT2D eigenvalue weighted by atomic mass is 9.85. The van der Waals surface area contributed by atoms with E-state index in [0.717, 1.165) is 0 Å². The average Bonchev–Trinajstić information content (AvgIpc) is 3.17. The molecular formula is C48H26S2. The molecule has 12 rings (SSSR count). The third kappa shape index (κ3) is 3.65. The van der Waals surface area contributed by atoms with E-state index in [9.17, 15) is 0 Å². The van der Waals surface area contributed by atoms with Crippen LogP contribution in [0.2, 0.25) is 0 Å². The van der Waals surface area contributed by atoms with E-state index in [1.807, 2.05) is 23.5 Å². The van der Waals surface area contributed by atoms with Gasteiger partial charge in [-0.25, -0.2) is 0 Å². The molecule has 0 nitrogen and oxygen atoms in total. The van der Waals surface area contributed by atoms with Crippen molar-refractivity contribution in [1.29, 1.82) is 0 Å². The largest absolute Gasteiger partial charge is 0.0888 e. The molecule has 0 fully saturated rings. The van der Waals surface area contributed by atoms with Gasteiger partial charge in [0.2, 0.25) is 0 Å². The van der Waals surface area contributed by atoms with Crippen LogP contribution in [0, 0.1) is 0 Å². The lowest BCUT2D eigenvalue weighted by Crippen LogP contribution is -1.95. The van der Waals surface area contributed by atoms with Crippen LogP contribution in [0.5, 0.6) is 0 Å². The Hall–Kier alpha value is -5.54. The molecule has 0 bridgehead atoms. The van der Waals surface area contributed by atoms with Crippen molar-refractivity contribution >= 4 is 77.4 Å². The van der Waals surface area contributed by atoms with Gasteiger partial charge in [0.15, 0.2) is 0 Å². The quantitative estimate of drug-likeness (QED) is 0.168. The summed E-state index contributed by atoms with van der Waals surface area (Å²) in [6.45, 7) is 0. The molecule has 0 radical (unpaired) electrons. The first kappa shape index (κ1) is 27.3. The highest BCUT2D eigenvalue weighted by molar-refractivity contribution is 8.00. The first-order valence-corrected chi connectivity index (χ1v) is 18.8. The highest BCUT2D eigenvalue weighted by Gasteiger charge is 2.23. The molecule has 0 spiro atoms. The molecular weight excluding hydrogens is 641 g/mol. The van der Waals surface area contributed by atoms with Gasteiger partial charge in [0.25, 0.3) is 0 Å². The van der Waals surface area contributed by atoms with Crippen LogP contribution in [0.4, 0.5) is 0 Å². The van der Waals surface area contributed by atoms with E-state index in [1.54, 1.807) is 0 Å². The second-order valence-electron chi connectivity index (χ2n) is 13.6. The summed E-state index contributed by atoms with van der Waals surface area (Å²) in [4.78, 5) is 5.33. The summed E-state index contributed by atoms with van der Waals surface area (Å²) < 4.78 is 0. The fourth-order valence-corrected chi connectivity index (χ4v) is 11.2.